The summed E-state index contributed by atoms with van der Waals surface area (Å²) in [6.45, 7) is 1.81. The molecule has 0 radical (unpaired) electrons. The van der Waals surface area contributed by atoms with Crippen molar-refractivity contribution in [1.29, 1.82) is 0 Å². The van der Waals surface area contributed by atoms with E-state index in [1.54, 1.807) is 26.4 Å². The lowest BCUT2D eigenvalue weighted by Crippen LogP contribution is -2.39. The van der Waals surface area contributed by atoms with E-state index in [0.29, 0.717) is 17.1 Å². The predicted octanol–water partition coefficient (Wildman–Crippen LogP) is 7.18. The molecule has 0 saturated heterocycles. The van der Waals surface area contributed by atoms with E-state index in [-0.39, 0.29) is 0 Å². The first-order valence-corrected chi connectivity index (χ1v) is 11.9. The number of carboxylic acid groups (broad SMARTS) is 1. The van der Waals surface area contributed by atoms with Gasteiger partial charge in [0.1, 0.15) is 5.41 Å². The summed E-state index contributed by atoms with van der Waals surface area (Å²) < 4.78 is 11.0. The van der Waals surface area contributed by atoms with Crippen LogP contribution in [0.2, 0.25) is 0 Å². The summed E-state index contributed by atoms with van der Waals surface area (Å²) in [7, 11) is 3.13. The van der Waals surface area contributed by atoms with Crippen LogP contribution >= 0.6 is 0 Å². The van der Waals surface area contributed by atoms with E-state index in [1.165, 1.54) is 0 Å². The summed E-state index contributed by atoms with van der Waals surface area (Å²) in [5, 5.41) is 15.1. The summed E-state index contributed by atoms with van der Waals surface area (Å²) in [4.78, 5) is 13.4. The molecule has 0 aromatic heterocycles. The lowest BCUT2D eigenvalue weighted by molar-refractivity contribution is -0.143. The van der Waals surface area contributed by atoms with Crippen LogP contribution < -0.4 is 9.47 Å². The number of aliphatic carboxylic acids is 1. The maximum absolute atomic E-state index is 13.4. The van der Waals surface area contributed by atoms with Crippen LogP contribution in [-0.2, 0) is 10.2 Å². The van der Waals surface area contributed by atoms with Gasteiger partial charge >= 0.3 is 5.97 Å². The predicted molar refractivity (Wildman–Crippen MR) is 144 cm³/mol. The second-order valence-electron chi connectivity index (χ2n) is 9.15. The fraction of sp³-hybridized carbons (Fsp3) is 0.156. The SMILES string of the molecule is COc1ccc(C(C)(C(=O)O)C(c2cccc3ccccc23)c2cccc3ccccc23)cc1OC. The Labute approximate surface area is 210 Å². The lowest BCUT2D eigenvalue weighted by Gasteiger charge is -2.37. The highest BCUT2D eigenvalue weighted by Gasteiger charge is 2.46. The van der Waals surface area contributed by atoms with Gasteiger partial charge in [-0.05, 0) is 57.3 Å². The Balaban J connectivity index is 1.89. The Bertz CT molecular complexity index is 1480. The van der Waals surface area contributed by atoms with Crippen LogP contribution in [0.3, 0.4) is 0 Å². The molecule has 0 amide bonds. The molecule has 4 nitrogen and oxygen atoms in total. The van der Waals surface area contributed by atoms with Gasteiger partial charge in [-0.2, -0.15) is 0 Å². The molecule has 0 saturated carbocycles. The standard InChI is InChI=1S/C32H28O4/c1-32(31(33)34,23-18-19-28(35-2)29(20-23)36-3)30(26-16-8-12-21-10-4-6-14-24(21)26)27-17-9-13-22-11-5-7-15-25(22)27/h4-20,30H,1-3H3,(H,33,34). The second-order valence-corrected chi connectivity index (χ2v) is 9.15. The third kappa shape index (κ3) is 3.75. The third-order valence-corrected chi connectivity index (χ3v) is 7.27. The van der Waals surface area contributed by atoms with Crippen LogP contribution in [0.5, 0.6) is 11.5 Å². The van der Waals surface area contributed by atoms with Crippen molar-refractivity contribution in [2.45, 2.75) is 18.3 Å². The van der Waals surface area contributed by atoms with Crippen molar-refractivity contribution >= 4 is 27.5 Å². The van der Waals surface area contributed by atoms with Crippen molar-refractivity contribution in [3.05, 3.63) is 120 Å². The molecule has 0 aliphatic carbocycles. The molecule has 5 rings (SSSR count). The molecule has 5 aromatic rings. The topological polar surface area (TPSA) is 55.8 Å². The Kier molecular flexibility index (Phi) is 6.11. The van der Waals surface area contributed by atoms with Crippen molar-refractivity contribution in [2.75, 3.05) is 14.2 Å². The Morgan fingerprint density at radius 1 is 0.694 bits per heavy atom. The first-order chi connectivity index (χ1) is 17.5. The minimum absolute atomic E-state index is 0.495. The quantitative estimate of drug-likeness (QED) is 0.270. The molecule has 5 aromatic carbocycles. The van der Waals surface area contributed by atoms with Gasteiger partial charge in [0.15, 0.2) is 11.5 Å². The summed E-state index contributed by atoms with van der Waals surface area (Å²) >= 11 is 0. The largest absolute Gasteiger partial charge is 0.493 e. The normalized spacial score (nSPS) is 13.0. The van der Waals surface area contributed by atoms with Crippen molar-refractivity contribution < 1.29 is 19.4 Å². The third-order valence-electron chi connectivity index (χ3n) is 7.27. The molecule has 0 aliphatic heterocycles. The number of methoxy groups -OCH3 is 2. The number of carboxylic acids is 1. The zero-order chi connectivity index (χ0) is 25.3. The van der Waals surface area contributed by atoms with Crippen LogP contribution in [0.15, 0.2) is 103 Å². The Hall–Kier alpha value is -4.31. The monoisotopic (exact) mass is 476 g/mol. The molecule has 0 heterocycles. The zero-order valence-electron chi connectivity index (χ0n) is 20.6. The molecular weight excluding hydrogens is 448 g/mol. The van der Waals surface area contributed by atoms with Crippen molar-refractivity contribution in [3.63, 3.8) is 0 Å². The van der Waals surface area contributed by atoms with Crippen LogP contribution in [0.1, 0.15) is 29.5 Å². The van der Waals surface area contributed by atoms with E-state index >= 15 is 0 Å². The zero-order valence-corrected chi connectivity index (χ0v) is 20.6. The smallest absolute Gasteiger partial charge is 0.314 e. The van der Waals surface area contributed by atoms with Gasteiger partial charge in [-0.15, -0.1) is 0 Å². The van der Waals surface area contributed by atoms with Crippen LogP contribution in [0.25, 0.3) is 21.5 Å². The molecule has 0 aliphatic rings. The number of benzene rings is 5. The van der Waals surface area contributed by atoms with E-state index in [1.807, 2.05) is 49.4 Å². The summed E-state index contributed by atoms with van der Waals surface area (Å²) in [6.07, 6.45) is 0. The summed E-state index contributed by atoms with van der Waals surface area (Å²) in [5.74, 6) is -0.358. The highest BCUT2D eigenvalue weighted by Crippen LogP contribution is 2.49. The number of fused-ring (bicyclic) bond motifs is 2. The van der Waals surface area contributed by atoms with E-state index in [2.05, 4.69) is 48.5 Å². The molecule has 36 heavy (non-hydrogen) atoms. The molecular formula is C32H28O4. The summed E-state index contributed by atoms with van der Waals surface area (Å²) in [6, 6.07) is 33.9. The minimum atomic E-state index is -1.33. The average molecular weight is 477 g/mol. The van der Waals surface area contributed by atoms with E-state index < -0.39 is 17.3 Å². The molecule has 0 fully saturated rings. The van der Waals surface area contributed by atoms with Crippen molar-refractivity contribution in [3.8, 4) is 11.5 Å². The van der Waals surface area contributed by atoms with E-state index in [4.69, 9.17) is 9.47 Å². The molecule has 1 N–H and O–H groups in total. The van der Waals surface area contributed by atoms with Crippen LogP contribution in [-0.4, -0.2) is 25.3 Å². The molecule has 0 bridgehead atoms. The van der Waals surface area contributed by atoms with Gasteiger partial charge in [0, 0.05) is 5.92 Å². The maximum Gasteiger partial charge on any atom is 0.314 e. The van der Waals surface area contributed by atoms with Gasteiger partial charge in [0.25, 0.3) is 0 Å². The first-order valence-electron chi connectivity index (χ1n) is 11.9. The van der Waals surface area contributed by atoms with Crippen molar-refractivity contribution in [2.24, 2.45) is 0 Å². The number of ether oxygens (including phenoxy) is 2. The van der Waals surface area contributed by atoms with Crippen molar-refractivity contribution in [1.82, 2.24) is 0 Å². The number of carbonyl (C=O) groups is 1. The van der Waals surface area contributed by atoms with Gasteiger partial charge in [-0.25, -0.2) is 0 Å². The van der Waals surface area contributed by atoms with Crippen LogP contribution in [0.4, 0.5) is 0 Å². The first kappa shape index (κ1) is 23.4. The number of hydrogen-bond acceptors (Lipinski definition) is 3. The number of rotatable bonds is 7. The fourth-order valence-electron chi connectivity index (χ4n) is 5.37. The highest BCUT2D eigenvalue weighted by atomic mass is 16.5. The fourth-order valence-corrected chi connectivity index (χ4v) is 5.37. The lowest BCUT2D eigenvalue weighted by atomic mass is 9.64. The number of hydrogen-bond donors (Lipinski definition) is 1. The Morgan fingerprint density at radius 2 is 1.19 bits per heavy atom. The van der Waals surface area contributed by atoms with Crippen LogP contribution in [0, 0.1) is 0 Å². The Morgan fingerprint density at radius 3 is 1.69 bits per heavy atom. The van der Waals surface area contributed by atoms with E-state index in [9.17, 15) is 9.90 Å². The summed E-state index contributed by atoms with van der Waals surface area (Å²) in [5.41, 5.74) is 1.24. The molecule has 0 spiro atoms. The molecule has 180 valence electrons. The molecule has 4 heteroatoms. The van der Waals surface area contributed by atoms with Gasteiger partial charge < -0.3 is 14.6 Å². The molecule has 1 unspecified atom stereocenters. The highest BCUT2D eigenvalue weighted by molar-refractivity contribution is 5.94. The van der Waals surface area contributed by atoms with Gasteiger partial charge in [0.05, 0.1) is 14.2 Å². The van der Waals surface area contributed by atoms with E-state index in [0.717, 1.165) is 32.7 Å². The average Bonchev–Trinajstić information content (AvgIpc) is 2.92. The maximum atomic E-state index is 13.4. The second kappa shape index (κ2) is 9.38. The van der Waals surface area contributed by atoms with Gasteiger partial charge in [0.2, 0.25) is 0 Å². The van der Waals surface area contributed by atoms with Gasteiger partial charge in [-0.3, -0.25) is 4.79 Å². The molecule has 1 atom stereocenters. The van der Waals surface area contributed by atoms with Gasteiger partial charge in [-0.1, -0.05) is 91.0 Å². The minimum Gasteiger partial charge on any atom is -0.493 e.